The predicted molar refractivity (Wildman–Crippen MR) is 237 cm³/mol. The molecule has 0 saturated heterocycles. The number of hydrogen-bond donors (Lipinski definition) is 0. The lowest BCUT2D eigenvalue weighted by Crippen LogP contribution is -2.05. The van der Waals surface area contributed by atoms with Gasteiger partial charge in [-0.3, -0.25) is 19.9 Å². The Labute approximate surface area is 340 Å². The molecule has 0 fully saturated rings. The van der Waals surface area contributed by atoms with Crippen molar-refractivity contribution in [3.63, 3.8) is 0 Å². The monoisotopic (exact) mass is 762 g/mol. The van der Waals surface area contributed by atoms with Gasteiger partial charge in [0.1, 0.15) is 11.6 Å². The Morgan fingerprint density at radius 1 is 0.621 bits per heavy atom. The molecule has 0 aliphatic heterocycles. The van der Waals surface area contributed by atoms with Crippen molar-refractivity contribution in [2.45, 2.75) is 78.1 Å². The third-order valence-corrected chi connectivity index (χ3v) is 12.2. The van der Waals surface area contributed by atoms with E-state index in [4.69, 9.17) is 24.9 Å². The molecule has 0 saturated carbocycles. The van der Waals surface area contributed by atoms with Gasteiger partial charge >= 0.3 is 0 Å². The summed E-state index contributed by atoms with van der Waals surface area (Å²) in [6.07, 6.45) is 26.8. The molecule has 5 heterocycles. The van der Waals surface area contributed by atoms with Crippen LogP contribution in [0, 0.1) is 13.8 Å². The topological polar surface area (TPSA) is 87.2 Å². The molecule has 58 heavy (non-hydrogen) atoms. The summed E-state index contributed by atoms with van der Waals surface area (Å²) in [4.78, 5) is 29.9. The van der Waals surface area contributed by atoms with Gasteiger partial charge in [0.2, 0.25) is 0 Å². The molecule has 8 heteroatoms. The van der Waals surface area contributed by atoms with Crippen LogP contribution in [0.1, 0.15) is 95.2 Å². The largest absolute Gasteiger partial charge is 0.331 e. The molecule has 0 bridgehead atoms. The van der Waals surface area contributed by atoms with Crippen molar-refractivity contribution in [2.24, 2.45) is 14.1 Å². The number of rotatable bonds is 10. The number of benzene rings is 2. The number of fused-ring (bicyclic) bond motifs is 6. The minimum Gasteiger partial charge on any atom is -0.331 e. The fourth-order valence-corrected chi connectivity index (χ4v) is 8.86. The van der Waals surface area contributed by atoms with Crippen molar-refractivity contribution in [1.82, 2.24) is 39.0 Å². The highest BCUT2D eigenvalue weighted by molar-refractivity contribution is 5.94. The third kappa shape index (κ3) is 6.80. The van der Waals surface area contributed by atoms with Crippen LogP contribution >= 0.6 is 0 Å². The molecule has 5 aromatic heterocycles. The van der Waals surface area contributed by atoms with E-state index in [1.807, 2.05) is 26.2 Å². The number of hydrogen-bond acceptors (Lipinski definition) is 6. The van der Waals surface area contributed by atoms with Crippen LogP contribution in [0.4, 0.5) is 0 Å². The summed E-state index contributed by atoms with van der Waals surface area (Å²) in [6.45, 7) is 8.54. The minimum absolute atomic E-state index is 0.256. The first kappa shape index (κ1) is 37.3. The van der Waals surface area contributed by atoms with Gasteiger partial charge < -0.3 is 9.13 Å². The van der Waals surface area contributed by atoms with Gasteiger partial charge in [-0.15, -0.1) is 0 Å². The van der Waals surface area contributed by atoms with Crippen LogP contribution in [0.25, 0.3) is 56.7 Å². The van der Waals surface area contributed by atoms with Crippen molar-refractivity contribution in [3.05, 3.63) is 154 Å². The summed E-state index contributed by atoms with van der Waals surface area (Å²) < 4.78 is 4.49. The van der Waals surface area contributed by atoms with Gasteiger partial charge in [0, 0.05) is 73.6 Å². The maximum atomic E-state index is 5.28. The molecule has 2 unspecified atom stereocenters. The molecule has 7 aromatic rings. The summed E-state index contributed by atoms with van der Waals surface area (Å²) in [7, 11) is 4.26. The van der Waals surface area contributed by atoms with Crippen molar-refractivity contribution < 1.29 is 0 Å². The second kappa shape index (κ2) is 15.6. The molecule has 0 amide bonds. The average molecular weight is 763 g/mol. The Balaban J connectivity index is 0.998. The summed E-state index contributed by atoms with van der Waals surface area (Å²) in [6, 6.07) is 17.4. The van der Waals surface area contributed by atoms with Crippen LogP contribution in [0.2, 0.25) is 0 Å². The van der Waals surface area contributed by atoms with Crippen molar-refractivity contribution in [3.8, 4) is 22.5 Å². The van der Waals surface area contributed by atoms with Gasteiger partial charge in [-0.1, -0.05) is 80.7 Å². The lowest BCUT2D eigenvalue weighted by Gasteiger charge is -2.19. The quantitative estimate of drug-likeness (QED) is 0.138. The normalized spacial score (nSPS) is 15.9. The Kier molecular flexibility index (Phi) is 10.0. The molecule has 8 nitrogen and oxygen atoms in total. The van der Waals surface area contributed by atoms with Crippen molar-refractivity contribution in [2.75, 3.05) is 0 Å². The number of aromatic nitrogens is 8. The predicted octanol–water partition coefficient (Wildman–Crippen LogP) is 10.7. The summed E-state index contributed by atoms with van der Waals surface area (Å²) in [5.74, 6) is 2.77. The van der Waals surface area contributed by atoms with Gasteiger partial charge in [-0.25, -0.2) is 9.97 Å². The molecule has 9 rings (SSSR count). The van der Waals surface area contributed by atoms with Crippen LogP contribution in [-0.2, 0) is 39.8 Å². The molecule has 0 spiro atoms. The summed E-state index contributed by atoms with van der Waals surface area (Å²) in [5.41, 5.74) is 17.5. The third-order valence-electron chi connectivity index (χ3n) is 12.2. The Morgan fingerprint density at radius 2 is 1.34 bits per heavy atom. The Hall–Kier alpha value is -6.28. The molecule has 0 N–H and O–H groups in total. The molecule has 2 aromatic carbocycles. The average Bonchev–Trinajstić information content (AvgIpc) is 3.52. The molecule has 290 valence electrons. The first-order valence-electron chi connectivity index (χ1n) is 20.7. The van der Waals surface area contributed by atoms with Gasteiger partial charge in [-0.2, -0.15) is 0 Å². The maximum absolute atomic E-state index is 5.28. The second-order valence-corrected chi connectivity index (χ2v) is 15.7. The molecule has 2 aliphatic rings. The number of imidazole rings is 2. The summed E-state index contributed by atoms with van der Waals surface area (Å²) >= 11 is 0. The van der Waals surface area contributed by atoms with E-state index in [1.165, 1.54) is 33.3 Å². The van der Waals surface area contributed by atoms with Gasteiger partial charge in [0.05, 0.1) is 50.5 Å². The lowest BCUT2D eigenvalue weighted by atomic mass is 9.85. The first-order valence-corrected chi connectivity index (χ1v) is 20.7. The van der Waals surface area contributed by atoms with E-state index in [0.29, 0.717) is 5.92 Å². The van der Waals surface area contributed by atoms with Gasteiger partial charge in [0.15, 0.2) is 0 Å². The molecule has 0 radical (unpaired) electrons. The molecule has 2 aliphatic carbocycles. The molecular weight excluding hydrogens is 713 g/mol. The smallest absolute Gasteiger partial charge is 0.110 e. The van der Waals surface area contributed by atoms with E-state index in [-0.39, 0.29) is 5.92 Å². The lowest BCUT2D eigenvalue weighted by molar-refractivity contribution is 0.764. The zero-order chi connectivity index (χ0) is 39.9. The van der Waals surface area contributed by atoms with E-state index < -0.39 is 0 Å². The van der Waals surface area contributed by atoms with Gasteiger partial charge in [0.25, 0.3) is 0 Å². The standard InChI is InChI=1S/C50H50N8/c1-7-33-14-9-11-17-38-37(33)22-25-44-49(38)55-46(57(44)5)26-21-36-16-13-19-43(54-36)42-23-20-35(30-52-42)40-28-45-50(39-18-12-10-15-34(8-2)48(39)40)56-47(58(45)6)27-24-41-32(4)51-29-31(3)53-41/h9-20,22-23,25,28-30,33-34H,7-8,21,24,26-27H2,1-6H3. The van der Waals surface area contributed by atoms with E-state index in [1.54, 1.807) is 0 Å². The van der Waals surface area contributed by atoms with Crippen molar-refractivity contribution >= 4 is 34.2 Å². The SMILES string of the molecule is CCC1C=CC=Cc2c1ccc1c2nc(CCc2cccc(-c3ccc(-c4cc5c(nc(CCc6nc(C)cnc6C)n5C)c5c4C(CC)C=CC=C5)cn3)n2)n1C. The summed E-state index contributed by atoms with van der Waals surface area (Å²) in [5, 5.41) is 0. The van der Waals surface area contributed by atoms with E-state index >= 15 is 0 Å². The van der Waals surface area contributed by atoms with E-state index in [2.05, 4.69) is 139 Å². The number of pyridine rings is 2. The zero-order valence-corrected chi connectivity index (χ0v) is 34.4. The highest BCUT2D eigenvalue weighted by atomic mass is 15.1. The fraction of sp³-hybridized carbons (Fsp3) is 0.280. The second-order valence-electron chi connectivity index (χ2n) is 15.7. The van der Waals surface area contributed by atoms with Crippen LogP contribution < -0.4 is 0 Å². The van der Waals surface area contributed by atoms with Crippen LogP contribution in [0.3, 0.4) is 0 Å². The van der Waals surface area contributed by atoms with Crippen LogP contribution in [-0.4, -0.2) is 39.0 Å². The number of allylic oxidation sites excluding steroid dienone is 6. The maximum Gasteiger partial charge on any atom is 0.110 e. The van der Waals surface area contributed by atoms with Gasteiger partial charge in [-0.05, 0) is 86.6 Å². The first-order chi connectivity index (χ1) is 28.3. The van der Waals surface area contributed by atoms with Crippen LogP contribution in [0.5, 0.6) is 0 Å². The number of aryl methyl sites for hydroxylation is 8. The molecular formula is C50H50N8. The number of nitrogens with zero attached hydrogens (tertiary/aromatic N) is 8. The highest BCUT2D eigenvalue weighted by Crippen LogP contribution is 2.41. The fourth-order valence-electron chi connectivity index (χ4n) is 8.86. The highest BCUT2D eigenvalue weighted by Gasteiger charge is 2.24. The minimum atomic E-state index is 0.256. The van der Waals surface area contributed by atoms with Crippen molar-refractivity contribution in [1.29, 1.82) is 0 Å². The zero-order valence-electron chi connectivity index (χ0n) is 34.4. The Bertz CT molecular complexity index is 2810. The van der Waals surface area contributed by atoms with E-state index in [0.717, 1.165) is 106 Å². The molecule has 2 atom stereocenters. The van der Waals surface area contributed by atoms with Crippen LogP contribution in [0.15, 0.2) is 97.4 Å². The Morgan fingerprint density at radius 3 is 2.10 bits per heavy atom. The van der Waals surface area contributed by atoms with E-state index in [9.17, 15) is 0 Å².